The highest BCUT2D eigenvalue weighted by molar-refractivity contribution is 7.89. The van der Waals surface area contributed by atoms with Crippen LogP contribution in [0.5, 0.6) is 0 Å². The Morgan fingerprint density at radius 2 is 1.44 bits per heavy atom. The number of benzene rings is 2. The van der Waals surface area contributed by atoms with Crippen molar-refractivity contribution in [3.05, 3.63) is 66.9 Å². The van der Waals surface area contributed by atoms with Crippen molar-refractivity contribution in [2.45, 2.75) is 4.90 Å². The number of aliphatic hydroxyl groups excluding tert-OH is 2. The number of aromatic nitrogens is 2. The minimum Gasteiger partial charge on any atom is -0.395 e. The predicted octanol–water partition coefficient (Wildman–Crippen LogP) is 1.51. The predicted molar refractivity (Wildman–Crippen MR) is 102 cm³/mol. The highest BCUT2D eigenvalue weighted by Gasteiger charge is 2.30. The van der Waals surface area contributed by atoms with E-state index in [-0.39, 0.29) is 31.2 Å². The average Bonchev–Trinajstić information content (AvgIpc) is 3.16. The molecule has 1 heterocycles. The Morgan fingerprint density at radius 3 is 2.00 bits per heavy atom. The third-order valence-corrected chi connectivity index (χ3v) is 5.96. The molecule has 3 rings (SSSR count). The van der Waals surface area contributed by atoms with Crippen LogP contribution >= 0.6 is 0 Å². The van der Waals surface area contributed by atoms with Gasteiger partial charge in [-0.2, -0.15) is 9.40 Å². The Hall–Kier alpha value is -2.52. The van der Waals surface area contributed by atoms with Crippen molar-refractivity contribution in [3.8, 4) is 16.9 Å². The van der Waals surface area contributed by atoms with E-state index in [1.165, 1.54) is 10.9 Å². The minimum absolute atomic E-state index is 0.0273. The summed E-state index contributed by atoms with van der Waals surface area (Å²) in [7, 11) is -3.96. The first-order valence-electron chi connectivity index (χ1n) is 8.50. The zero-order valence-electron chi connectivity index (χ0n) is 14.6. The van der Waals surface area contributed by atoms with Crippen molar-refractivity contribution >= 4 is 10.0 Å². The number of nitrogens with zero attached hydrogens (tertiary/aromatic N) is 3. The van der Waals surface area contributed by atoms with Gasteiger partial charge in [0.2, 0.25) is 10.0 Å². The molecule has 142 valence electrons. The van der Waals surface area contributed by atoms with Crippen LogP contribution in [0.25, 0.3) is 16.9 Å². The van der Waals surface area contributed by atoms with E-state index in [9.17, 15) is 18.6 Å². The van der Waals surface area contributed by atoms with Gasteiger partial charge in [0.25, 0.3) is 0 Å². The third-order valence-electron chi connectivity index (χ3n) is 4.07. The van der Waals surface area contributed by atoms with Gasteiger partial charge in [-0.05, 0) is 12.1 Å². The fourth-order valence-corrected chi connectivity index (χ4v) is 4.33. The van der Waals surface area contributed by atoms with Gasteiger partial charge in [-0.15, -0.1) is 0 Å². The van der Waals surface area contributed by atoms with Crippen LogP contribution in [0.15, 0.2) is 71.8 Å². The topological polar surface area (TPSA) is 95.7 Å². The van der Waals surface area contributed by atoms with Gasteiger partial charge >= 0.3 is 0 Å². The molecule has 1 aromatic heterocycles. The summed E-state index contributed by atoms with van der Waals surface area (Å²) >= 11 is 0. The molecule has 3 aromatic rings. The molecule has 7 nitrogen and oxygen atoms in total. The Bertz CT molecular complexity index is 967. The number of para-hydroxylation sites is 1. The number of aliphatic hydroxyl groups is 2. The molecule has 2 aromatic carbocycles. The molecular weight excluding hydrogens is 366 g/mol. The van der Waals surface area contributed by atoms with Gasteiger partial charge in [-0.3, -0.25) is 0 Å². The fourth-order valence-electron chi connectivity index (χ4n) is 2.77. The number of hydrogen-bond acceptors (Lipinski definition) is 5. The van der Waals surface area contributed by atoms with E-state index in [0.717, 1.165) is 9.99 Å². The molecule has 0 saturated heterocycles. The summed E-state index contributed by atoms with van der Waals surface area (Å²) in [6.07, 6.45) is 1.47. The van der Waals surface area contributed by atoms with Crippen molar-refractivity contribution in [1.82, 2.24) is 14.1 Å². The summed E-state index contributed by atoms with van der Waals surface area (Å²) in [6.45, 7) is -0.888. The molecule has 0 spiro atoms. The van der Waals surface area contributed by atoms with E-state index < -0.39 is 10.0 Å². The molecule has 0 saturated carbocycles. The molecule has 0 aliphatic carbocycles. The number of hydrogen-bond donors (Lipinski definition) is 2. The first-order valence-corrected chi connectivity index (χ1v) is 9.94. The third kappa shape index (κ3) is 4.09. The summed E-state index contributed by atoms with van der Waals surface area (Å²) in [5, 5.41) is 23.0. The van der Waals surface area contributed by atoms with Crippen LogP contribution in [0.2, 0.25) is 0 Å². The highest BCUT2D eigenvalue weighted by atomic mass is 32.2. The summed E-state index contributed by atoms with van der Waals surface area (Å²) < 4.78 is 29.0. The molecule has 8 heteroatoms. The molecule has 0 fully saturated rings. The average molecular weight is 387 g/mol. The van der Waals surface area contributed by atoms with Crippen LogP contribution in [0.3, 0.4) is 0 Å². The van der Waals surface area contributed by atoms with Gasteiger partial charge in [0.1, 0.15) is 10.6 Å². The Morgan fingerprint density at radius 1 is 0.889 bits per heavy atom. The largest absolute Gasteiger partial charge is 0.395 e. The van der Waals surface area contributed by atoms with Crippen LogP contribution in [0, 0.1) is 0 Å². The van der Waals surface area contributed by atoms with E-state index in [1.54, 1.807) is 12.1 Å². The van der Waals surface area contributed by atoms with Crippen LogP contribution < -0.4 is 0 Å². The van der Waals surface area contributed by atoms with Gasteiger partial charge < -0.3 is 10.2 Å². The normalized spacial score (nSPS) is 11.8. The van der Waals surface area contributed by atoms with Crippen molar-refractivity contribution in [2.24, 2.45) is 0 Å². The first kappa shape index (κ1) is 19.2. The summed E-state index contributed by atoms with van der Waals surface area (Å²) in [5.41, 5.74) is 1.71. The number of rotatable bonds is 8. The molecule has 0 unspecified atom stereocenters. The smallest absolute Gasteiger partial charge is 0.247 e. The lowest BCUT2D eigenvalue weighted by molar-refractivity contribution is 0.217. The SMILES string of the molecule is O=S(=O)(c1cn(-c2ccccc2)nc1-c1ccccc1)N(CCO)CCO. The van der Waals surface area contributed by atoms with E-state index in [2.05, 4.69) is 5.10 Å². The molecular formula is C19H21N3O4S. The fraction of sp³-hybridized carbons (Fsp3) is 0.211. The van der Waals surface area contributed by atoms with Crippen LogP contribution in [-0.2, 0) is 10.0 Å². The Labute approximate surface area is 158 Å². The molecule has 0 radical (unpaired) electrons. The molecule has 0 aliphatic heterocycles. The summed E-state index contributed by atoms with van der Waals surface area (Å²) in [5.74, 6) is 0. The zero-order valence-corrected chi connectivity index (χ0v) is 15.5. The lowest BCUT2D eigenvalue weighted by Gasteiger charge is -2.20. The quantitative estimate of drug-likeness (QED) is 0.611. The minimum atomic E-state index is -3.96. The lowest BCUT2D eigenvalue weighted by Crippen LogP contribution is -2.36. The summed E-state index contributed by atoms with van der Waals surface area (Å²) in [6, 6.07) is 18.3. The van der Waals surface area contributed by atoms with Gasteiger partial charge in [0, 0.05) is 18.7 Å². The van der Waals surface area contributed by atoms with Crippen molar-refractivity contribution in [1.29, 1.82) is 0 Å². The first-order chi connectivity index (χ1) is 13.1. The maximum atomic E-state index is 13.2. The maximum absolute atomic E-state index is 13.2. The zero-order chi connectivity index (χ0) is 19.3. The van der Waals surface area contributed by atoms with Gasteiger partial charge in [-0.1, -0.05) is 48.5 Å². The Balaban J connectivity index is 2.17. The molecule has 2 N–H and O–H groups in total. The van der Waals surface area contributed by atoms with Gasteiger partial charge in [-0.25, -0.2) is 13.1 Å². The molecule has 0 bridgehead atoms. The van der Waals surface area contributed by atoms with Crippen molar-refractivity contribution in [3.63, 3.8) is 0 Å². The van der Waals surface area contributed by atoms with Crippen molar-refractivity contribution < 1.29 is 18.6 Å². The van der Waals surface area contributed by atoms with Gasteiger partial charge in [0.15, 0.2) is 0 Å². The maximum Gasteiger partial charge on any atom is 0.247 e. The standard InChI is InChI=1S/C19H21N3O4S/c23-13-11-21(12-14-24)27(25,26)18-15-22(17-9-5-2-6-10-17)20-19(18)16-7-3-1-4-8-16/h1-10,15,23-24H,11-14H2. The van der Waals surface area contributed by atoms with E-state index in [1.807, 2.05) is 48.5 Å². The monoisotopic (exact) mass is 387 g/mol. The molecule has 0 aliphatic rings. The second-order valence-corrected chi connectivity index (χ2v) is 7.75. The summed E-state index contributed by atoms with van der Waals surface area (Å²) in [4.78, 5) is 0.0273. The highest BCUT2D eigenvalue weighted by Crippen LogP contribution is 2.29. The van der Waals surface area contributed by atoms with Crippen LogP contribution in [0.1, 0.15) is 0 Å². The van der Waals surface area contributed by atoms with Crippen LogP contribution in [-0.4, -0.2) is 59.0 Å². The van der Waals surface area contributed by atoms with E-state index >= 15 is 0 Å². The Kier molecular flexibility index (Phi) is 6.02. The molecule has 0 amide bonds. The van der Waals surface area contributed by atoms with E-state index in [0.29, 0.717) is 11.3 Å². The molecule has 27 heavy (non-hydrogen) atoms. The second kappa shape index (κ2) is 8.45. The van der Waals surface area contributed by atoms with Gasteiger partial charge in [0.05, 0.1) is 25.1 Å². The van der Waals surface area contributed by atoms with Crippen molar-refractivity contribution in [2.75, 3.05) is 26.3 Å². The number of sulfonamides is 1. The molecule has 0 atom stereocenters. The van der Waals surface area contributed by atoms with Crippen LogP contribution in [0.4, 0.5) is 0 Å². The lowest BCUT2D eigenvalue weighted by atomic mass is 10.2. The second-order valence-electron chi connectivity index (χ2n) is 5.84. The van der Waals surface area contributed by atoms with E-state index in [4.69, 9.17) is 0 Å².